The van der Waals surface area contributed by atoms with Gasteiger partial charge < -0.3 is 10.2 Å². The Morgan fingerprint density at radius 3 is 2.54 bits per heavy atom. The number of anilines is 3. The predicted molar refractivity (Wildman–Crippen MR) is 93.1 cm³/mol. The molecule has 3 aromatic rings. The van der Waals surface area contributed by atoms with Crippen molar-refractivity contribution in [3.8, 4) is 0 Å². The van der Waals surface area contributed by atoms with E-state index in [0.717, 1.165) is 17.7 Å². The minimum Gasteiger partial charge on any atom is -0.354 e. The molecule has 3 rings (SSSR count). The van der Waals surface area contributed by atoms with E-state index in [1.807, 2.05) is 42.3 Å². The van der Waals surface area contributed by atoms with Crippen molar-refractivity contribution >= 4 is 17.5 Å². The van der Waals surface area contributed by atoms with Crippen LogP contribution in [0.2, 0.25) is 0 Å². The monoisotopic (exact) mass is 359 g/mol. The lowest BCUT2D eigenvalue weighted by molar-refractivity contribution is -0.137. The number of alkyl halides is 3. The van der Waals surface area contributed by atoms with Gasteiger partial charge in [-0.15, -0.1) is 5.10 Å². The first kappa shape index (κ1) is 17.7. The summed E-state index contributed by atoms with van der Waals surface area (Å²) in [6.45, 7) is 0.614. The normalized spacial score (nSPS) is 11.2. The average molecular weight is 359 g/mol. The maximum atomic E-state index is 12.8. The predicted octanol–water partition coefficient (Wildman–Crippen LogP) is 4.27. The van der Waals surface area contributed by atoms with Crippen molar-refractivity contribution in [3.05, 3.63) is 71.9 Å². The van der Waals surface area contributed by atoms with Crippen molar-refractivity contribution in [2.75, 3.05) is 17.3 Å². The third-order valence-corrected chi connectivity index (χ3v) is 3.65. The second kappa shape index (κ2) is 7.38. The van der Waals surface area contributed by atoms with Crippen LogP contribution in [-0.2, 0) is 12.7 Å². The quantitative estimate of drug-likeness (QED) is 0.737. The number of nitrogens with zero attached hydrogens (tertiary/aromatic N) is 4. The molecular weight excluding hydrogens is 343 g/mol. The Morgan fingerprint density at radius 1 is 1.04 bits per heavy atom. The molecule has 0 unspecified atom stereocenters. The molecule has 0 aliphatic heterocycles. The zero-order chi connectivity index (χ0) is 18.6. The van der Waals surface area contributed by atoms with Crippen LogP contribution >= 0.6 is 0 Å². The van der Waals surface area contributed by atoms with E-state index in [0.29, 0.717) is 12.4 Å². The van der Waals surface area contributed by atoms with Gasteiger partial charge in [-0.1, -0.05) is 36.4 Å². The highest BCUT2D eigenvalue weighted by molar-refractivity contribution is 5.55. The molecule has 0 fully saturated rings. The van der Waals surface area contributed by atoms with Gasteiger partial charge in [0, 0.05) is 19.3 Å². The lowest BCUT2D eigenvalue weighted by Crippen LogP contribution is -2.18. The summed E-state index contributed by atoms with van der Waals surface area (Å²) in [6.07, 6.45) is -2.91. The van der Waals surface area contributed by atoms with Crippen molar-refractivity contribution in [1.29, 1.82) is 0 Å². The van der Waals surface area contributed by atoms with Crippen LogP contribution in [0.3, 0.4) is 0 Å². The summed E-state index contributed by atoms with van der Waals surface area (Å²) in [7, 11) is 1.85. The van der Waals surface area contributed by atoms with Gasteiger partial charge in [0.15, 0.2) is 5.82 Å². The molecule has 0 saturated heterocycles. The van der Waals surface area contributed by atoms with Crippen LogP contribution in [-0.4, -0.2) is 22.2 Å². The first-order chi connectivity index (χ1) is 12.4. The van der Waals surface area contributed by atoms with Crippen molar-refractivity contribution in [2.24, 2.45) is 0 Å². The fourth-order valence-corrected chi connectivity index (χ4v) is 2.37. The van der Waals surface area contributed by atoms with Crippen LogP contribution in [0.25, 0.3) is 0 Å². The molecule has 0 atom stereocenters. The number of rotatable bonds is 5. The molecule has 1 N–H and O–H groups in total. The first-order valence-corrected chi connectivity index (χ1v) is 7.81. The molecule has 0 aliphatic rings. The van der Waals surface area contributed by atoms with Gasteiger partial charge in [-0.05, 0) is 23.8 Å². The van der Waals surface area contributed by atoms with E-state index in [9.17, 15) is 13.2 Å². The molecule has 134 valence electrons. The zero-order valence-corrected chi connectivity index (χ0v) is 13.9. The summed E-state index contributed by atoms with van der Waals surface area (Å²) in [5.41, 5.74) is 0.596. The van der Waals surface area contributed by atoms with Crippen molar-refractivity contribution in [1.82, 2.24) is 15.2 Å². The Bertz CT molecular complexity index is 868. The van der Waals surface area contributed by atoms with E-state index in [-0.39, 0.29) is 11.6 Å². The molecule has 0 radical (unpaired) electrons. The molecule has 0 saturated carbocycles. The second-order valence-corrected chi connectivity index (χ2v) is 5.68. The third kappa shape index (κ3) is 4.47. The SMILES string of the molecule is CN(Cc1ccccc1)c1cnnc(Nc2cccc(C(F)(F)F)c2)n1. The van der Waals surface area contributed by atoms with Crippen LogP contribution in [0, 0.1) is 0 Å². The molecule has 26 heavy (non-hydrogen) atoms. The molecule has 8 heteroatoms. The van der Waals surface area contributed by atoms with E-state index in [2.05, 4.69) is 20.5 Å². The number of hydrogen-bond acceptors (Lipinski definition) is 5. The number of aromatic nitrogens is 3. The largest absolute Gasteiger partial charge is 0.416 e. The third-order valence-electron chi connectivity index (χ3n) is 3.65. The Balaban J connectivity index is 1.75. The summed E-state index contributed by atoms with van der Waals surface area (Å²) in [5.74, 6) is 0.681. The first-order valence-electron chi connectivity index (χ1n) is 7.81. The van der Waals surface area contributed by atoms with E-state index >= 15 is 0 Å². The lowest BCUT2D eigenvalue weighted by Gasteiger charge is -2.18. The number of nitrogens with one attached hydrogen (secondary N) is 1. The van der Waals surface area contributed by atoms with Gasteiger partial charge in [-0.2, -0.15) is 23.3 Å². The molecule has 0 bridgehead atoms. The minimum absolute atomic E-state index is 0.127. The van der Waals surface area contributed by atoms with Crippen LogP contribution in [0.15, 0.2) is 60.8 Å². The van der Waals surface area contributed by atoms with Crippen LogP contribution in [0.4, 0.5) is 30.6 Å². The van der Waals surface area contributed by atoms with Gasteiger partial charge in [0.25, 0.3) is 0 Å². The van der Waals surface area contributed by atoms with Gasteiger partial charge in [0.05, 0.1) is 11.8 Å². The highest BCUT2D eigenvalue weighted by atomic mass is 19.4. The number of benzene rings is 2. The van der Waals surface area contributed by atoms with E-state index in [4.69, 9.17) is 0 Å². The van der Waals surface area contributed by atoms with E-state index in [1.165, 1.54) is 18.3 Å². The van der Waals surface area contributed by atoms with Gasteiger partial charge >= 0.3 is 6.18 Å². The maximum Gasteiger partial charge on any atom is 0.416 e. The molecule has 1 aromatic heterocycles. The highest BCUT2D eigenvalue weighted by Crippen LogP contribution is 2.31. The Morgan fingerprint density at radius 2 is 1.81 bits per heavy atom. The fraction of sp³-hybridized carbons (Fsp3) is 0.167. The average Bonchev–Trinajstić information content (AvgIpc) is 2.62. The summed E-state index contributed by atoms with van der Waals surface area (Å²) >= 11 is 0. The van der Waals surface area contributed by atoms with E-state index in [1.54, 1.807) is 0 Å². The van der Waals surface area contributed by atoms with Gasteiger partial charge in [0.2, 0.25) is 5.95 Å². The molecule has 0 amide bonds. The fourth-order valence-electron chi connectivity index (χ4n) is 2.37. The van der Waals surface area contributed by atoms with Gasteiger partial charge in [-0.3, -0.25) is 0 Å². The summed E-state index contributed by atoms with van der Waals surface area (Å²) in [6, 6.07) is 14.7. The minimum atomic E-state index is -4.41. The molecule has 5 nitrogen and oxygen atoms in total. The van der Waals surface area contributed by atoms with Crippen molar-refractivity contribution in [2.45, 2.75) is 12.7 Å². The number of hydrogen-bond donors (Lipinski definition) is 1. The summed E-state index contributed by atoms with van der Waals surface area (Å²) < 4.78 is 38.4. The van der Waals surface area contributed by atoms with Crippen LogP contribution in [0.1, 0.15) is 11.1 Å². The van der Waals surface area contributed by atoms with Crippen LogP contribution in [0.5, 0.6) is 0 Å². The van der Waals surface area contributed by atoms with Crippen LogP contribution < -0.4 is 10.2 Å². The van der Waals surface area contributed by atoms with Crippen molar-refractivity contribution in [3.63, 3.8) is 0 Å². The second-order valence-electron chi connectivity index (χ2n) is 5.68. The summed E-state index contributed by atoms with van der Waals surface area (Å²) in [5, 5.41) is 10.5. The van der Waals surface area contributed by atoms with E-state index < -0.39 is 11.7 Å². The molecular formula is C18H16F3N5. The molecule has 1 heterocycles. The Kier molecular flexibility index (Phi) is 5.01. The smallest absolute Gasteiger partial charge is 0.354 e. The lowest BCUT2D eigenvalue weighted by atomic mass is 10.2. The Hall–Kier alpha value is -3.16. The standard InChI is InChI=1S/C18H16F3N5/c1-26(12-13-6-3-2-4-7-13)16-11-22-25-17(24-16)23-15-9-5-8-14(10-15)18(19,20)21/h2-11H,12H2,1H3,(H,23,24,25). The van der Waals surface area contributed by atoms with Gasteiger partial charge in [0.1, 0.15) is 0 Å². The van der Waals surface area contributed by atoms with Gasteiger partial charge in [-0.25, -0.2) is 0 Å². The molecule has 0 spiro atoms. The summed E-state index contributed by atoms with van der Waals surface area (Å²) in [4.78, 5) is 6.19. The number of halogens is 3. The Labute approximate surface area is 148 Å². The molecule has 2 aromatic carbocycles. The van der Waals surface area contributed by atoms with Crippen molar-refractivity contribution < 1.29 is 13.2 Å². The highest BCUT2D eigenvalue weighted by Gasteiger charge is 2.30. The topological polar surface area (TPSA) is 53.9 Å². The zero-order valence-electron chi connectivity index (χ0n) is 13.9. The molecule has 0 aliphatic carbocycles. The maximum absolute atomic E-state index is 12.8.